The number of sulfonamides is 1. The van der Waals surface area contributed by atoms with Crippen LogP contribution in [0.4, 0.5) is 10.1 Å². The molecule has 0 unspecified atom stereocenters. The molecule has 0 aliphatic rings. The molecule has 2 rings (SSSR count). The average molecular weight is 283 g/mol. The molecule has 0 saturated carbocycles. The van der Waals surface area contributed by atoms with Gasteiger partial charge in [-0.2, -0.15) is 0 Å². The van der Waals surface area contributed by atoms with E-state index in [1.165, 1.54) is 30.5 Å². The first-order chi connectivity index (χ1) is 8.92. The number of nitrogens with two attached hydrogens (primary N) is 1. The number of H-pyrrole nitrogens is 1. The van der Waals surface area contributed by atoms with Gasteiger partial charge in [0.15, 0.2) is 0 Å². The SMILES string of the molecule is Cc1cc(F)ccc1NS(=O)(=O)c1c[nH]c(CN)c1. The minimum absolute atomic E-state index is 0.0941. The fourth-order valence-electron chi connectivity index (χ4n) is 1.64. The van der Waals surface area contributed by atoms with E-state index in [2.05, 4.69) is 9.71 Å². The van der Waals surface area contributed by atoms with Crippen molar-refractivity contribution in [3.63, 3.8) is 0 Å². The Kier molecular flexibility index (Phi) is 3.59. The van der Waals surface area contributed by atoms with Gasteiger partial charge in [-0.25, -0.2) is 12.8 Å². The zero-order chi connectivity index (χ0) is 14.0. The molecule has 4 N–H and O–H groups in total. The molecule has 0 fully saturated rings. The Balaban J connectivity index is 2.30. The van der Waals surface area contributed by atoms with Crippen LogP contribution in [-0.2, 0) is 16.6 Å². The lowest BCUT2D eigenvalue weighted by atomic mass is 10.2. The van der Waals surface area contributed by atoms with E-state index < -0.39 is 15.8 Å². The molecule has 1 aromatic heterocycles. The fraction of sp³-hybridized carbons (Fsp3) is 0.167. The van der Waals surface area contributed by atoms with Crippen molar-refractivity contribution < 1.29 is 12.8 Å². The normalized spacial score (nSPS) is 11.5. The van der Waals surface area contributed by atoms with E-state index in [4.69, 9.17) is 5.73 Å². The molecule has 1 heterocycles. The molecule has 5 nitrogen and oxygen atoms in total. The van der Waals surface area contributed by atoms with Gasteiger partial charge in [-0.15, -0.1) is 0 Å². The monoisotopic (exact) mass is 283 g/mol. The Hall–Kier alpha value is -1.86. The number of rotatable bonds is 4. The molecule has 2 aromatic rings. The van der Waals surface area contributed by atoms with E-state index in [0.717, 1.165) is 0 Å². The number of anilines is 1. The number of hydrogen-bond donors (Lipinski definition) is 3. The quantitative estimate of drug-likeness (QED) is 0.798. The largest absolute Gasteiger partial charge is 0.363 e. The maximum atomic E-state index is 13.0. The van der Waals surface area contributed by atoms with Gasteiger partial charge >= 0.3 is 0 Å². The number of aromatic nitrogens is 1. The zero-order valence-corrected chi connectivity index (χ0v) is 11.1. The molecule has 0 amide bonds. The topological polar surface area (TPSA) is 88.0 Å². The van der Waals surface area contributed by atoms with E-state index >= 15 is 0 Å². The first kappa shape index (κ1) is 13.6. The van der Waals surface area contributed by atoms with Crippen molar-refractivity contribution in [3.05, 3.63) is 47.5 Å². The third-order valence-corrected chi connectivity index (χ3v) is 4.02. The number of halogens is 1. The van der Waals surface area contributed by atoms with Crippen LogP contribution >= 0.6 is 0 Å². The summed E-state index contributed by atoms with van der Waals surface area (Å²) in [4.78, 5) is 2.86. The highest BCUT2D eigenvalue weighted by Crippen LogP contribution is 2.20. The summed E-state index contributed by atoms with van der Waals surface area (Å²) in [6.45, 7) is 1.86. The van der Waals surface area contributed by atoms with Crippen molar-refractivity contribution >= 4 is 15.7 Å². The molecule has 19 heavy (non-hydrogen) atoms. The molecule has 7 heteroatoms. The average Bonchev–Trinajstić information content (AvgIpc) is 2.82. The summed E-state index contributed by atoms with van der Waals surface area (Å²) in [5, 5.41) is 0. The van der Waals surface area contributed by atoms with Crippen molar-refractivity contribution in [2.75, 3.05) is 4.72 Å². The minimum Gasteiger partial charge on any atom is -0.363 e. The molecular formula is C12H14FN3O2S. The molecule has 0 atom stereocenters. The van der Waals surface area contributed by atoms with E-state index in [1.54, 1.807) is 6.92 Å². The van der Waals surface area contributed by atoms with Gasteiger partial charge < -0.3 is 10.7 Å². The molecule has 102 valence electrons. The molecule has 1 aromatic carbocycles. The van der Waals surface area contributed by atoms with Crippen molar-refractivity contribution in [3.8, 4) is 0 Å². The van der Waals surface area contributed by atoms with E-state index in [-0.39, 0.29) is 11.4 Å². The standard InChI is InChI=1S/C12H14FN3O2S/c1-8-4-9(13)2-3-12(8)16-19(17,18)11-5-10(6-14)15-7-11/h2-5,7,15-16H,6,14H2,1H3. The van der Waals surface area contributed by atoms with Crippen LogP contribution in [0.15, 0.2) is 35.4 Å². The van der Waals surface area contributed by atoms with Crippen molar-refractivity contribution in [1.29, 1.82) is 0 Å². The lowest BCUT2D eigenvalue weighted by Gasteiger charge is -2.09. The second-order valence-electron chi connectivity index (χ2n) is 4.13. The lowest BCUT2D eigenvalue weighted by Crippen LogP contribution is -2.13. The van der Waals surface area contributed by atoms with Gasteiger partial charge in [0.2, 0.25) is 0 Å². The van der Waals surface area contributed by atoms with Crippen LogP contribution in [-0.4, -0.2) is 13.4 Å². The van der Waals surface area contributed by atoms with Crippen LogP contribution < -0.4 is 10.5 Å². The summed E-state index contributed by atoms with van der Waals surface area (Å²) in [6.07, 6.45) is 1.36. The highest BCUT2D eigenvalue weighted by Gasteiger charge is 2.17. The van der Waals surface area contributed by atoms with Gasteiger partial charge in [0.25, 0.3) is 10.0 Å². The smallest absolute Gasteiger partial charge is 0.263 e. The van der Waals surface area contributed by atoms with Crippen LogP contribution in [0.5, 0.6) is 0 Å². The zero-order valence-electron chi connectivity index (χ0n) is 10.3. The molecule has 0 aliphatic heterocycles. The van der Waals surface area contributed by atoms with Gasteiger partial charge in [0, 0.05) is 18.4 Å². The highest BCUT2D eigenvalue weighted by molar-refractivity contribution is 7.92. The summed E-state index contributed by atoms with van der Waals surface area (Å²) in [6, 6.07) is 5.31. The summed E-state index contributed by atoms with van der Waals surface area (Å²) in [5.41, 5.74) is 6.89. The van der Waals surface area contributed by atoms with Crippen LogP contribution in [0, 0.1) is 12.7 Å². The predicted molar refractivity (Wildman–Crippen MR) is 70.6 cm³/mol. The predicted octanol–water partition coefficient (Wildman–Crippen LogP) is 1.72. The third kappa shape index (κ3) is 2.94. The summed E-state index contributed by atoms with van der Waals surface area (Å²) >= 11 is 0. The first-order valence-electron chi connectivity index (χ1n) is 5.59. The number of aryl methyl sites for hydroxylation is 1. The Morgan fingerprint density at radius 3 is 2.68 bits per heavy atom. The van der Waals surface area contributed by atoms with Crippen LogP contribution in [0.25, 0.3) is 0 Å². The Bertz CT molecular complexity index is 695. The van der Waals surface area contributed by atoms with E-state index in [0.29, 0.717) is 16.9 Å². The van der Waals surface area contributed by atoms with E-state index in [1.807, 2.05) is 0 Å². The third-order valence-electron chi connectivity index (χ3n) is 2.68. The second-order valence-corrected chi connectivity index (χ2v) is 5.81. The molecule has 0 spiro atoms. The van der Waals surface area contributed by atoms with Crippen LogP contribution in [0.3, 0.4) is 0 Å². The van der Waals surface area contributed by atoms with Gasteiger partial charge in [-0.1, -0.05) is 0 Å². The van der Waals surface area contributed by atoms with Gasteiger partial charge in [-0.3, -0.25) is 4.72 Å². The van der Waals surface area contributed by atoms with Gasteiger partial charge in [0.1, 0.15) is 10.7 Å². The number of benzene rings is 1. The maximum Gasteiger partial charge on any atom is 0.263 e. The van der Waals surface area contributed by atoms with Crippen LogP contribution in [0.2, 0.25) is 0 Å². The minimum atomic E-state index is -3.70. The number of nitrogens with one attached hydrogen (secondary N) is 2. The van der Waals surface area contributed by atoms with Gasteiger partial charge in [-0.05, 0) is 36.8 Å². The molecule has 0 saturated heterocycles. The molecule has 0 aliphatic carbocycles. The Morgan fingerprint density at radius 1 is 1.37 bits per heavy atom. The van der Waals surface area contributed by atoms with Crippen LogP contribution in [0.1, 0.15) is 11.3 Å². The lowest BCUT2D eigenvalue weighted by molar-refractivity contribution is 0.601. The van der Waals surface area contributed by atoms with E-state index in [9.17, 15) is 12.8 Å². The second kappa shape index (κ2) is 5.02. The molecular weight excluding hydrogens is 269 g/mol. The molecule has 0 radical (unpaired) electrons. The summed E-state index contributed by atoms with van der Waals surface area (Å²) in [7, 11) is -3.70. The van der Waals surface area contributed by atoms with Crippen molar-refractivity contribution in [2.45, 2.75) is 18.4 Å². The summed E-state index contributed by atoms with van der Waals surface area (Å²) < 4.78 is 39.6. The molecule has 0 bridgehead atoms. The first-order valence-corrected chi connectivity index (χ1v) is 7.07. The van der Waals surface area contributed by atoms with Crippen molar-refractivity contribution in [2.24, 2.45) is 5.73 Å². The van der Waals surface area contributed by atoms with Gasteiger partial charge in [0.05, 0.1) is 5.69 Å². The number of hydrogen-bond acceptors (Lipinski definition) is 3. The Labute approximate surface area is 110 Å². The summed E-state index contributed by atoms with van der Waals surface area (Å²) in [5.74, 6) is -0.410. The number of aromatic amines is 1. The van der Waals surface area contributed by atoms with Crippen molar-refractivity contribution in [1.82, 2.24) is 4.98 Å². The maximum absolute atomic E-state index is 13.0. The highest BCUT2D eigenvalue weighted by atomic mass is 32.2. The Morgan fingerprint density at radius 2 is 2.11 bits per heavy atom. The fourth-order valence-corrected chi connectivity index (χ4v) is 2.79.